The van der Waals surface area contributed by atoms with Gasteiger partial charge in [-0.1, -0.05) is 46.3 Å². The molecule has 1 saturated heterocycles. The molecule has 1 amide bonds. The average Bonchev–Trinajstić information content (AvgIpc) is 3.12. The molecule has 0 bridgehead atoms. The van der Waals surface area contributed by atoms with Gasteiger partial charge in [0.2, 0.25) is 0 Å². The number of aromatic nitrogens is 1. The van der Waals surface area contributed by atoms with Gasteiger partial charge >= 0.3 is 0 Å². The zero-order valence-corrected chi connectivity index (χ0v) is 16.5. The number of fused-ring (bicyclic) bond motifs is 1. The van der Waals surface area contributed by atoms with E-state index in [2.05, 4.69) is 25.8 Å². The fourth-order valence-electron chi connectivity index (χ4n) is 3.49. The van der Waals surface area contributed by atoms with Crippen molar-refractivity contribution in [2.24, 2.45) is 0 Å². The Balaban J connectivity index is 1.36. The summed E-state index contributed by atoms with van der Waals surface area (Å²) in [7, 11) is 0. The van der Waals surface area contributed by atoms with Crippen LogP contribution in [0.4, 0.5) is 4.39 Å². The molecular weight excluding hydrogens is 409 g/mol. The summed E-state index contributed by atoms with van der Waals surface area (Å²) in [5.74, 6) is 0.0503. The highest BCUT2D eigenvalue weighted by molar-refractivity contribution is 9.10. The van der Waals surface area contributed by atoms with Crippen LogP contribution < -0.4 is 0 Å². The SMILES string of the molecule is O=C(c1cc2ccc(Br)cc2[nH]1)N1CCN(Cc2ccc(CF)cc2)CC1. The molecule has 1 aliphatic heterocycles. The maximum Gasteiger partial charge on any atom is 0.270 e. The molecule has 1 aromatic heterocycles. The first-order chi connectivity index (χ1) is 13.1. The molecule has 140 valence electrons. The van der Waals surface area contributed by atoms with E-state index < -0.39 is 6.67 Å². The average molecular weight is 430 g/mol. The molecule has 1 aliphatic rings. The fourth-order valence-corrected chi connectivity index (χ4v) is 3.85. The lowest BCUT2D eigenvalue weighted by atomic mass is 10.1. The summed E-state index contributed by atoms with van der Waals surface area (Å²) in [6, 6.07) is 15.5. The Morgan fingerprint density at radius 1 is 1.00 bits per heavy atom. The zero-order chi connectivity index (χ0) is 18.8. The van der Waals surface area contributed by atoms with Crippen LogP contribution in [0.15, 0.2) is 53.0 Å². The monoisotopic (exact) mass is 429 g/mol. The van der Waals surface area contributed by atoms with Crippen LogP contribution in [0.2, 0.25) is 0 Å². The van der Waals surface area contributed by atoms with E-state index in [0.717, 1.165) is 35.0 Å². The molecule has 3 aromatic rings. The minimum Gasteiger partial charge on any atom is -0.350 e. The predicted octanol–water partition coefficient (Wildman–Crippen LogP) is 4.36. The van der Waals surface area contributed by atoms with Gasteiger partial charge in [-0.3, -0.25) is 9.69 Å². The van der Waals surface area contributed by atoms with Crippen LogP contribution in [-0.4, -0.2) is 46.9 Å². The van der Waals surface area contributed by atoms with Gasteiger partial charge in [-0.25, -0.2) is 4.39 Å². The van der Waals surface area contributed by atoms with Gasteiger partial charge in [-0.2, -0.15) is 0 Å². The van der Waals surface area contributed by atoms with Gasteiger partial charge in [0.1, 0.15) is 12.4 Å². The number of hydrogen-bond donors (Lipinski definition) is 1. The van der Waals surface area contributed by atoms with Gasteiger partial charge < -0.3 is 9.88 Å². The molecule has 4 nitrogen and oxygen atoms in total. The number of halogens is 2. The van der Waals surface area contributed by atoms with E-state index in [4.69, 9.17) is 0 Å². The number of H-pyrrole nitrogens is 1. The van der Waals surface area contributed by atoms with Crippen LogP contribution in [0.3, 0.4) is 0 Å². The van der Waals surface area contributed by atoms with Gasteiger partial charge in [-0.15, -0.1) is 0 Å². The van der Waals surface area contributed by atoms with Crippen molar-refractivity contribution in [1.82, 2.24) is 14.8 Å². The van der Waals surface area contributed by atoms with Gasteiger partial charge in [0.05, 0.1) is 0 Å². The lowest BCUT2D eigenvalue weighted by Gasteiger charge is -2.34. The van der Waals surface area contributed by atoms with Crippen molar-refractivity contribution in [3.8, 4) is 0 Å². The second-order valence-corrected chi connectivity index (χ2v) is 7.85. The molecule has 0 unspecified atom stereocenters. The second-order valence-electron chi connectivity index (χ2n) is 6.93. The van der Waals surface area contributed by atoms with Crippen molar-refractivity contribution >= 4 is 32.7 Å². The van der Waals surface area contributed by atoms with Crippen molar-refractivity contribution in [3.63, 3.8) is 0 Å². The van der Waals surface area contributed by atoms with Gasteiger partial charge in [-0.05, 0) is 29.3 Å². The van der Waals surface area contributed by atoms with Crippen LogP contribution >= 0.6 is 15.9 Å². The molecule has 1 N–H and O–H groups in total. The highest BCUT2D eigenvalue weighted by atomic mass is 79.9. The minimum atomic E-state index is -0.425. The maximum atomic E-state index is 12.8. The molecule has 0 atom stereocenters. The number of alkyl halides is 1. The van der Waals surface area contributed by atoms with Crippen molar-refractivity contribution in [2.45, 2.75) is 13.2 Å². The molecule has 1 fully saturated rings. The van der Waals surface area contributed by atoms with Gasteiger partial charge in [0, 0.05) is 48.1 Å². The van der Waals surface area contributed by atoms with E-state index in [1.807, 2.05) is 53.4 Å². The third-order valence-electron chi connectivity index (χ3n) is 5.06. The molecule has 0 radical (unpaired) electrons. The predicted molar refractivity (Wildman–Crippen MR) is 108 cm³/mol. The van der Waals surface area contributed by atoms with E-state index >= 15 is 0 Å². The van der Waals surface area contributed by atoms with E-state index in [0.29, 0.717) is 24.3 Å². The summed E-state index contributed by atoms with van der Waals surface area (Å²) in [6.07, 6.45) is 0. The summed E-state index contributed by atoms with van der Waals surface area (Å²) in [5.41, 5.74) is 3.48. The summed E-state index contributed by atoms with van der Waals surface area (Å²) >= 11 is 3.46. The summed E-state index contributed by atoms with van der Waals surface area (Å²) in [6.45, 7) is 3.49. The van der Waals surface area contributed by atoms with Crippen molar-refractivity contribution in [2.75, 3.05) is 26.2 Å². The summed E-state index contributed by atoms with van der Waals surface area (Å²) < 4.78 is 13.6. The lowest BCUT2D eigenvalue weighted by molar-refractivity contribution is 0.0623. The quantitative estimate of drug-likeness (QED) is 0.668. The van der Waals surface area contributed by atoms with Crippen LogP contribution in [0.25, 0.3) is 10.9 Å². The van der Waals surface area contributed by atoms with Crippen LogP contribution in [0.5, 0.6) is 0 Å². The standard InChI is InChI=1S/C21H21BrFN3O/c22-18-6-5-17-11-20(24-19(17)12-18)21(27)26-9-7-25(8-10-26)14-16-3-1-15(13-23)2-4-16/h1-6,11-12,24H,7-10,13-14H2. The summed E-state index contributed by atoms with van der Waals surface area (Å²) in [4.78, 5) is 20.3. The Hall–Kier alpha value is -2.18. The maximum absolute atomic E-state index is 12.8. The first-order valence-corrected chi connectivity index (χ1v) is 9.85. The molecule has 6 heteroatoms. The molecule has 0 spiro atoms. The smallest absolute Gasteiger partial charge is 0.270 e. The first-order valence-electron chi connectivity index (χ1n) is 9.06. The molecule has 2 heterocycles. The highest BCUT2D eigenvalue weighted by Crippen LogP contribution is 2.21. The number of carbonyl (C=O) groups excluding carboxylic acids is 1. The van der Waals surface area contributed by atoms with Crippen LogP contribution in [0, 0.1) is 0 Å². The van der Waals surface area contributed by atoms with Crippen LogP contribution in [-0.2, 0) is 13.2 Å². The molecular formula is C21H21BrFN3O. The number of nitrogens with one attached hydrogen (secondary N) is 1. The molecule has 0 saturated carbocycles. The number of amides is 1. The van der Waals surface area contributed by atoms with Gasteiger partial charge in [0.15, 0.2) is 0 Å². The minimum absolute atomic E-state index is 0.0503. The number of benzene rings is 2. The molecule has 2 aromatic carbocycles. The lowest BCUT2D eigenvalue weighted by Crippen LogP contribution is -2.48. The molecule has 27 heavy (non-hydrogen) atoms. The number of rotatable bonds is 4. The third kappa shape index (κ3) is 4.06. The number of nitrogens with zero attached hydrogens (tertiary/aromatic N) is 2. The number of carbonyl (C=O) groups is 1. The Labute approximate surface area is 166 Å². The van der Waals surface area contributed by atoms with Gasteiger partial charge in [0.25, 0.3) is 5.91 Å². The number of aromatic amines is 1. The highest BCUT2D eigenvalue weighted by Gasteiger charge is 2.23. The number of piperazine rings is 1. The molecule has 0 aliphatic carbocycles. The van der Waals surface area contributed by atoms with E-state index in [-0.39, 0.29) is 5.91 Å². The number of hydrogen-bond acceptors (Lipinski definition) is 2. The third-order valence-corrected chi connectivity index (χ3v) is 5.55. The van der Waals surface area contributed by atoms with Crippen molar-refractivity contribution < 1.29 is 9.18 Å². The van der Waals surface area contributed by atoms with Crippen molar-refractivity contribution in [1.29, 1.82) is 0 Å². The fraction of sp³-hybridized carbons (Fsp3) is 0.286. The Bertz CT molecular complexity index is 946. The summed E-state index contributed by atoms with van der Waals surface area (Å²) in [5, 5.41) is 1.04. The topological polar surface area (TPSA) is 39.3 Å². The largest absolute Gasteiger partial charge is 0.350 e. The zero-order valence-electron chi connectivity index (χ0n) is 14.9. The Kier molecular flexibility index (Phi) is 5.27. The first kappa shape index (κ1) is 18.2. The molecule has 4 rings (SSSR count). The van der Waals surface area contributed by atoms with E-state index in [9.17, 15) is 9.18 Å². The normalized spacial score (nSPS) is 15.4. The second kappa shape index (κ2) is 7.82. The van der Waals surface area contributed by atoms with E-state index in [1.54, 1.807) is 0 Å². The van der Waals surface area contributed by atoms with Crippen molar-refractivity contribution in [3.05, 3.63) is 69.8 Å². The van der Waals surface area contributed by atoms with Crippen LogP contribution in [0.1, 0.15) is 21.6 Å². The Morgan fingerprint density at radius 3 is 2.41 bits per heavy atom. The Morgan fingerprint density at radius 2 is 1.70 bits per heavy atom. The van der Waals surface area contributed by atoms with E-state index in [1.165, 1.54) is 5.56 Å².